The lowest BCUT2D eigenvalue weighted by atomic mass is 9.94. The van der Waals surface area contributed by atoms with Crippen molar-refractivity contribution in [3.8, 4) is 0 Å². The zero-order valence-electron chi connectivity index (χ0n) is 12.5. The Morgan fingerprint density at radius 2 is 2.22 bits per heavy atom. The molecule has 1 fully saturated rings. The minimum atomic E-state index is -4.20. The summed E-state index contributed by atoms with van der Waals surface area (Å²) < 4.78 is 39.2. The Balaban J connectivity index is 1.81. The minimum Gasteiger partial charge on any atom is -0.338 e. The number of hydrogen-bond acceptors (Lipinski definition) is 4. The molecule has 9 heteroatoms. The molecule has 0 N–H and O–H groups in total. The molecule has 0 aliphatic carbocycles. The monoisotopic (exact) mass is 327 g/mol. The van der Waals surface area contributed by atoms with Gasteiger partial charge in [0.25, 0.3) is 5.91 Å². The molecule has 3 rings (SSSR count). The van der Waals surface area contributed by atoms with Crippen LogP contribution in [0.1, 0.15) is 29.6 Å². The summed E-state index contributed by atoms with van der Waals surface area (Å²) in [5.41, 5.74) is 1.17. The molecule has 1 aliphatic heterocycles. The maximum absolute atomic E-state index is 12.7. The average molecular weight is 327 g/mol. The topological polar surface area (TPSA) is 63.9 Å². The van der Waals surface area contributed by atoms with Gasteiger partial charge in [-0.1, -0.05) is 5.21 Å². The molecule has 1 atom stereocenters. The van der Waals surface area contributed by atoms with Crippen molar-refractivity contribution in [2.75, 3.05) is 13.1 Å². The van der Waals surface area contributed by atoms with Crippen molar-refractivity contribution in [2.45, 2.75) is 25.4 Å². The number of fused-ring (bicyclic) bond motifs is 1. The molecule has 124 valence electrons. The molecule has 23 heavy (non-hydrogen) atoms. The van der Waals surface area contributed by atoms with Gasteiger partial charge < -0.3 is 4.90 Å². The highest BCUT2D eigenvalue weighted by Gasteiger charge is 2.35. The standard InChI is InChI=1S/C14H16F3N5O/c1-21-12-11(19-20-21)10(4-5-18-12)13(23)22-6-2-3-9(8-22)7-14(15,16)17/h4-5,9H,2-3,6-8H2,1H3. The number of alkyl halides is 3. The molecule has 0 aromatic carbocycles. The first-order valence-corrected chi connectivity index (χ1v) is 7.35. The van der Waals surface area contributed by atoms with Crippen molar-refractivity contribution in [3.63, 3.8) is 0 Å². The van der Waals surface area contributed by atoms with Crippen molar-refractivity contribution >= 4 is 17.1 Å². The number of nitrogens with zero attached hydrogens (tertiary/aromatic N) is 5. The number of likely N-dealkylation sites (tertiary alicyclic amines) is 1. The van der Waals surface area contributed by atoms with Gasteiger partial charge in [-0.3, -0.25) is 4.79 Å². The summed E-state index contributed by atoms with van der Waals surface area (Å²) in [7, 11) is 1.66. The van der Waals surface area contributed by atoms with E-state index in [1.54, 1.807) is 7.05 Å². The van der Waals surface area contributed by atoms with Gasteiger partial charge in [-0.25, -0.2) is 9.67 Å². The van der Waals surface area contributed by atoms with Crippen LogP contribution in [0.25, 0.3) is 11.2 Å². The molecule has 1 amide bonds. The van der Waals surface area contributed by atoms with Gasteiger partial charge in [0.1, 0.15) is 5.52 Å². The number of rotatable bonds is 2. The van der Waals surface area contributed by atoms with E-state index in [0.29, 0.717) is 36.1 Å². The Bertz CT molecular complexity index is 727. The molecule has 1 unspecified atom stereocenters. The van der Waals surface area contributed by atoms with E-state index in [1.165, 1.54) is 21.8 Å². The molecule has 3 heterocycles. The summed E-state index contributed by atoms with van der Waals surface area (Å²) in [5.74, 6) is -0.864. The van der Waals surface area contributed by atoms with E-state index in [-0.39, 0.29) is 12.5 Å². The predicted molar refractivity (Wildman–Crippen MR) is 75.6 cm³/mol. The van der Waals surface area contributed by atoms with Crippen LogP contribution >= 0.6 is 0 Å². The smallest absolute Gasteiger partial charge is 0.338 e. The van der Waals surface area contributed by atoms with E-state index in [0.717, 1.165) is 0 Å². The van der Waals surface area contributed by atoms with Crippen LogP contribution < -0.4 is 0 Å². The Morgan fingerprint density at radius 1 is 1.43 bits per heavy atom. The van der Waals surface area contributed by atoms with Gasteiger partial charge in [0.15, 0.2) is 5.65 Å². The zero-order valence-corrected chi connectivity index (χ0v) is 12.5. The first-order valence-electron chi connectivity index (χ1n) is 7.35. The largest absolute Gasteiger partial charge is 0.389 e. The van der Waals surface area contributed by atoms with Crippen LogP contribution in [0.5, 0.6) is 0 Å². The lowest BCUT2D eigenvalue weighted by molar-refractivity contribution is -0.147. The normalized spacial score (nSPS) is 19.3. The van der Waals surface area contributed by atoms with Gasteiger partial charge in [0.05, 0.1) is 5.56 Å². The van der Waals surface area contributed by atoms with Crippen LogP contribution in [0, 0.1) is 5.92 Å². The molecule has 1 saturated heterocycles. The molecule has 0 radical (unpaired) electrons. The van der Waals surface area contributed by atoms with Gasteiger partial charge >= 0.3 is 6.18 Å². The Hall–Kier alpha value is -2.19. The maximum atomic E-state index is 12.7. The lowest BCUT2D eigenvalue weighted by Gasteiger charge is -2.33. The summed E-state index contributed by atoms with van der Waals surface area (Å²) in [6.07, 6.45) is -2.52. The van der Waals surface area contributed by atoms with Crippen LogP contribution in [0.3, 0.4) is 0 Å². The van der Waals surface area contributed by atoms with Crippen LogP contribution in [0.4, 0.5) is 13.2 Å². The Morgan fingerprint density at radius 3 is 2.96 bits per heavy atom. The Kier molecular flexibility index (Phi) is 3.95. The highest BCUT2D eigenvalue weighted by Crippen LogP contribution is 2.31. The predicted octanol–water partition coefficient (Wildman–Crippen LogP) is 2.17. The fraction of sp³-hybridized carbons (Fsp3) is 0.571. The summed E-state index contributed by atoms with van der Waals surface area (Å²) >= 11 is 0. The third-order valence-electron chi connectivity index (χ3n) is 4.05. The fourth-order valence-electron chi connectivity index (χ4n) is 3.02. The number of pyridine rings is 1. The van der Waals surface area contributed by atoms with Crippen molar-refractivity contribution < 1.29 is 18.0 Å². The van der Waals surface area contributed by atoms with Gasteiger partial charge in [0.2, 0.25) is 0 Å². The quantitative estimate of drug-likeness (QED) is 0.848. The summed E-state index contributed by atoms with van der Waals surface area (Å²) in [5, 5.41) is 7.77. The molecule has 0 bridgehead atoms. The third-order valence-corrected chi connectivity index (χ3v) is 4.05. The summed E-state index contributed by atoms with van der Waals surface area (Å²) in [6.45, 7) is 0.569. The van der Waals surface area contributed by atoms with Crippen molar-refractivity contribution in [1.29, 1.82) is 0 Å². The van der Waals surface area contributed by atoms with Crippen molar-refractivity contribution in [1.82, 2.24) is 24.9 Å². The van der Waals surface area contributed by atoms with E-state index in [2.05, 4.69) is 15.3 Å². The van der Waals surface area contributed by atoms with Crippen LogP contribution in [-0.2, 0) is 7.05 Å². The summed E-state index contributed by atoms with van der Waals surface area (Å²) in [4.78, 5) is 18.3. The number of aromatic nitrogens is 4. The van der Waals surface area contributed by atoms with Crippen molar-refractivity contribution in [3.05, 3.63) is 17.8 Å². The van der Waals surface area contributed by atoms with E-state index >= 15 is 0 Å². The second-order valence-corrected chi connectivity index (χ2v) is 5.82. The number of hydrogen-bond donors (Lipinski definition) is 0. The number of aryl methyl sites for hydroxylation is 1. The fourth-order valence-corrected chi connectivity index (χ4v) is 3.02. The third kappa shape index (κ3) is 3.27. The molecule has 2 aromatic heterocycles. The molecule has 6 nitrogen and oxygen atoms in total. The number of amides is 1. The highest BCUT2D eigenvalue weighted by molar-refractivity contribution is 6.03. The van der Waals surface area contributed by atoms with Gasteiger partial charge in [-0.2, -0.15) is 13.2 Å². The SMILES string of the molecule is Cn1nnc2c(C(=O)N3CCCC(CC(F)(F)F)C3)ccnc21. The van der Waals surface area contributed by atoms with Crippen LogP contribution in [0.2, 0.25) is 0 Å². The molecule has 0 saturated carbocycles. The van der Waals surface area contributed by atoms with E-state index < -0.39 is 18.5 Å². The number of carbonyl (C=O) groups is 1. The molecular formula is C14H16F3N5O. The number of carbonyl (C=O) groups excluding carboxylic acids is 1. The van der Waals surface area contributed by atoms with Crippen molar-refractivity contribution in [2.24, 2.45) is 13.0 Å². The van der Waals surface area contributed by atoms with E-state index in [9.17, 15) is 18.0 Å². The molecule has 1 aliphatic rings. The first-order chi connectivity index (χ1) is 10.8. The lowest BCUT2D eigenvalue weighted by Crippen LogP contribution is -2.41. The summed E-state index contributed by atoms with van der Waals surface area (Å²) in [6, 6.07) is 1.53. The van der Waals surface area contributed by atoms with Crippen LogP contribution in [-0.4, -0.2) is 50.1 Å². The molecule has 0 spiro atoms. The van der Waals surface area contributed by atoms with Gasteiger partial charge in [-0.15, -0.1) is 5.10 Å². The van der Waals surface area contributed by atoms with Gasteiger partial charge in [0, 0.05) is 32.8 Å². The second-order valence-electron chi connectivity index (χ2n) is 5.82. The van der Waals surface area contributed by atoms with E-state index in [1.807, 2.05) is 0 Å². The average Bonchev–Trinajstić information content (AvgIpc) is 2.87. The van der Waals surface area contributed by atoms with Crippen LogP contribution in [0.15, 0.2) is 12.3 Å². The minimum absolute atomic E-state index is 0.114. The number of halogens is 3. The maximum Gasteiger partial charge on any atom is 0.389 e. The zero-order chi connectivity index (χ0) is 16.6. The molecular weight excluding hydrogens is 311 g/mol. The molecule has 2 aromatic rings. The Labute approximate surface area is 130 Å². The van der Waals surface area contributed by atoms with Gasteiger partial charge in [-0.05, 0) is 24.8 Å². The second kappa shape index (κ2) is 5.78. The number of piperidine rings is 1. The first kappa shape index (κ1) is 15.7. The highest BCUT2D eigenvalue weighted by atomic mass is 19.4. The van der Waals surface area contributed by atoms with E-state index in [4.69, 9.17) is 0 Å².